The Kier molecular flexibility index (Phi) is 17.4. The Balaban J connectivity index is 4.10. The van der Waals surface area contributed by atoms with Crippen molar-refractivity contribution in [3.8, 4) is 0 Å². The van der Waals surface area contributed by atoms with Crippen molar-refractivity contribution in [2.45, 2.75) is 102 Å². The van der Waals surface area contributed by atoms with Gasteiger partial charge in [-0.15, -0.1) is 0 Å². The van der Waals surface area contributed by atoms with E-state index in [1.807, 2.05) is 0 Å². The minimum Gasteiger partial charge on any atom is -0.481 e. The van der Waals surface area contributed by atoms with Gasteiger partial charge in [0.15, 0.2) is 0 Å². The normalized spacial score (nSPS) is 12.1. The number of carbonyl (C=O) groups excluding carboxylic acids is 1. The van der Waals surface area contributed by atoms with E-state index in [1.165, 1.54) is 4.90 Å². The second-order valence-corrected chi connectivity index (χ2v) is 8.22. The highest BCUT2D eigenvalue weighted by Crippen LogP contribution is 2.17. The summed E-state index contributed by atoms with van der Waals surface area (Å²) in [6, 6.07) is 0. The number of unbranched alkanes of at least 4 members (excludes halogenated alkanes) is 7. The molecule has 0 saturated heterocycles. The van der Waals surface area contributed by atoms with Gasteiger partial charge in [-0.05, 0) is 38.5 Å². The quantitative estimate of drug-likeness (QED) is 0.208. The SMILES string of the molecule is C[NH+](C)CCCC(=O)OC(CCCCCCCC(=O)O)CCCCCCC(=O)O. The number of hydrogen-bond acceptors (Lipinski definition) is 4. The Bertz CT molecular complexity index is 453. The van der Waals surface area contributed by atoms with Crippen LogP contribution < -0.4 is 4.90 Å². The van der Waals surface area contributed by atoms with Crippen LogP contribution in [0, 0.1) is 0 Å². The first kappa shape index (κ1) is 27.4. The van der Waals surface area contributed by atoms with E-state index >= 15 is 0 Å². The zero-order valence-corrected chi connectivity index (χ0v) is 18.4. The Morgan fingerprint density at radius 1 is 0.690 bits per heavy atom. The minimum absolute atomic E-state index is 0.0623. The fourth-order valence-electron chi connectivity index (χ4n) is 3.27. The Morgan fingerprint density at radius 3 is 1.59 bits per heavy atom. The molecule has 0 aliphatic rings. The van der Waals surface area contributed by atoms with Crippen molar-refractivity contribution >= 4 is 17.9 Å². The van der Waals surface area contributed by atoms with E-state index in [0.29, 0.717) is 12.8 Å². The topological polar surface area (TPSA) is 105 Å². The van der Waals surface area contributed by atoms with E-state index in [2.05, 4.69) is 14.1 Å². The highest BCUT2D eigenvalue weighted by Gasteiger charge is 2.14. The van der Waals surface area contributed by atoms with Crippen LogP contribution in [0.5, 0.6) is 0 Å². The molecule has 0 aliphatic heterocycles. The largest absolute Gasteiger partial charge is 0.481 e. The standard InChI is InChI=1S/C22H41NO6/c1-23(2)18-12-17-22(28)29-19(14-9-6-7-11-16-21(26)27)13-8-4-3-5-10-15-20(24)25/h19H,3-18H2,1-2H3,(H,24,25)(H,26,27)/p+1. The van der Waals surface area contributed by atoms with Gasteiger partial charge in [0.1, 0.15) is 6.10 Å². The van der Waals surface area contributed by atoms with Gasteiger partial charge in [0, 0.05) is 19.3 Å². The van der Waals surface area contributed by atoms with Gasteiger partial charge < -0.3 is 19.8 Å². The average Bonchev–Trinajstić information content (AvgIpc) is 2.62. The Morgan fingerprint density at radius 2 is 1.14 bits per heavy atom. The first-order valence-corrected chi connectivity index (χ1v) is 11.2. The predicted molar refractivity (Wildman–Crippen MR) is 112 cm³/mol. The van der Waals surface area contributed by atoms with Gasteiger partial charge in [0.05, 0.1) is 27.1 Å². The molecule has 1 unspecified atom stereocenters. The van der Waals surface area contributed by atoms with Gasteiger partial charge in [0.2, 0.25) is 0 Å². The van der Waals surface area contributed by atoms with Crippen LogP contribution in [-0.4, -0.2) is 54.9 Å². The molecular weight excluding hydrogens is 374 g/mol. The number of rotatable bonds is 20. The number of ether oxygens (including phenoxy) is 1. The van der Waals surface area contributed by atoms with Crippen LogP contribution in [-0.2, 0) is 19.1 Å². The third kappa shape index (κ3) is 20.9. The van der Waals surface area contributed by atoms with Crippen LogP contribution in [0.2, 0.25) is 0 Å². The summed E-state index contributed by atoms with van der Waals surface area (Å²) in [4.78, 5) is 34.5. The minimum atomic E-state index is -0.750. The number of aliphatic carboxylic acids is 2. The smallest absolute Gasteiger partial charge is 0.306 e. The van der Waals surface area contributed by atoms with E-state index in [0.717, 1.165) is 77.2 Å². The lowest BCUT2D eigenvalue weighted by atomic mass is 10.0. The predicted octanol–water partition coefficient (Wildman–Crippen LogP) is 3.06. The lowest BCUT2D eigenvalue weighted by Gasteiger charge is -2.18. The van der Waals surface area contributed by atoms with Gasteiger partial charge in [-0.2, -0.15) is 0 Å². The van der Waals surface area contributed by atoms with E-state index in [4.69, 9.17) is 14.9 Å². The Hall–Kier alpha value is -1.63. The molecule has 0 aromatic heterocycles. The van der Waals surface area contributed by atoms with Crippen molar-refractivity contribution in [2.24, 2.45) is 0 Å². The summed E-state index contributed by atoms with van der Waals surface area (Å²) in [6.07, 6.45) is 11.5. The second-order valence-electron chi connectivity index (χ2n) is 8.22. The molecule has 0 aromatic carbocycles. The van der Waals surface area contributed by atoms with Gasteiger partial charge in [-0.25, -0.2) is 0 Å². The van der Waals surface area contributed by atoms with Crippen LogP contribution in [0.25, 0.3) is 0 Å². The summed E-state index contributed by atoms with van der Waals surface area (Å²) < 4.78 is 5.72. The molecule has 0 radical (unpaired) electrons. The zero-order chi connectivity index (χ0) is 21.9. The maximum Gasteiger partial charge on any atom is 0.306 e. The number of carboxylic acids is 2. The molecule has 0 saturated carbocycles. The molecule has 3 N–H and O–H groups in total. The van der Waals surface area contributed by atoms with E-state index in [-0.39, 0.29) is 24.9 Å². The van der Waals surface area contributed by atoms with Gasteiger partial charge in [-0.1, -0.05) is 32.1 Å². The number of esters is 1. The third-order valence-electron chi connectivity index (χ3n) is 4.94. The van der Waals surface area contributed by atoms with Gasteiger partial charge in [-0.3, -0.25) is 14.4 Å². The lowest BCUT2D eigenvalue weighted by Crippen LogP contribution is -3.05. The zero-order valence-electron chi connectivity index (χ0n) is 18.4. The average molecular weight is 417 g/mol. The van der Waals surface area contributed by atoms with Crippen LogP contribution in [0.4, 0.5) is 0 Å². The van der Waals surface area contributed by atoms with Crippen molar-refractivity contribution in [1.29, 1.82) is 0 Å². The molecule has 170 valence electrons. The van der Waals surface area contributed by atoms with Gasteiger partial charge >= 0.3 is 17.9 Å². The van der Waals surface area contributed by atoms with Gasteiger partial charge in [0.25, 0.3) is 0 Å². The van der Waals surface area contributed by atoms with Crippen molar-refractivity contribution in [3.63, 3.8) is 0 Å². The van der Waals surface area contributed by atoms with Crippen molar-refractivity contribution < 1.29 is 34.2 Å². The number of nitrogens with one attached hydrogen (secondary N) is 1. The molecule has 0 bridgehead atoms. The number of carboxylic acid groups (broad SMARTS) is 2. The molecule has 0 fully saturated rings. The van der Waals surface area contributed by atoms with E-state index in [1.54, 1.807) is 0 Å². The second kappa shape index (κ2) is 18.4. The molecule has 0 spiro atoms. The van der Waals surface area contributed by atoms with Crippen LogP contribution in [0.1, 0.15) is 96.3 Å². The highest BCUT2D eigenvalue weighted by atomic mass is 16.5. The molecule has 7 heteroatoms. The molecule has 1 atom stereocenters. The summed E-state index contributed by atoms with van der Waals surface area (Å²) in [7, 11) is 4.13. The van der Waals surface area contributed by atoms with Crippen LogP contribution in [0.3, 0.4) is 0 Å². The molecule has 0 aromatic rings. The summed E-state index contributed by atoms with van der Waals surface area (Å²) >= 11 is 0. The molecular formula is C22H42NO6+. The molecule has 7 nitrogen and oxygen atoms in total. The summed E-state index contributed by atoms with van der Waals surface area (Å²) in [5.74, 6) is -1.61. The monoisotopic (exact) mass is 416 g/mol. The maximum absolute atomic E-state index is 12.1. The van der Waals surface area contributed by atoms with Crippen LogP contribution >= 0.6 is 0 Å². The lowest BCUT2D eigenvalue weighted by molar-refractivity contribution is -0.858. The number of quaternary nitrogens is 1. The summed E-state index contributed by atoms with van der Waals surface area (Å²) in [5, 5.41) is 17.3. The number of hydrogen-bond donors (Lipinski definition) is 3. The van der Waals surface area contributed by atoms with Crippen LogP contribution in [0.15, 0.2) is 0 Å². The molecule has 29 heavy (non-hydrogen) atoms. The summed E-state index contributed by atoms with van der Waals surface area (Å²) in [6.45, 7) is 0.944. The molecule has 0 aliphatic carbocycles. The van der Waals surface area contributed by atoms with Crippen molar-refractivity contribution in [1.82, 2.24) is 0 Å². The molecule has 0 heterocycles. The first-order chi connectivity index (χ1) is 13.8. The fraction of sp³-hybridized carbons (Fsp3) is 0.864. The maximum atomic E-state index is 12.1. The molecule has 0 rings (SSSR count). The van der Waals surface area contributed by atoms with E-state index < -0.39 is 11.9 Å². The number of carbonyl (C=O) groups is 3. The van der Waals surface area contributed by atoms with E-state index in [9.17, 15) is 14.4 Å². The molecule has 0 amide bonds. The fourth-order valence-corrected chi connectivity index (χ4v) is 3.27. The highest BCUT2D eigenvalue weighted by molar-refractivity contribution is 5.69. The third-order valence-corrected chi connectivity index (χ3v) is 4.94. The van der Waals surface area contributed by atoms with Crippen molar-refractivity contribution in [2.75, 3.05) is 20.6 Å². The first-order valence-electron chi connectivity index (χ1n) is 11.2. The Labute approximate surface area is 175 Å². The summed E-state index contributed by atoms with van der Waals surface area (Å²) in [5.41, 5.74) is 0. The van der Waals surface area contributed by atoms with Crippen molar-refractivity contribution in [3.05, 3.63) is 0 Å².